The molecule has 1 aromatic carbocycles. The maximum Gasteiger partial charge on any atom is 0.244 e. The largest absolute Gasteiger partial charge is 0.244 e. The van der Waals surface area contributed by atoms with Crippen LogP contribution in [0.15, 0.2) is 29.2 Å². The number of nitrogens with zero attached hydrogens (tertiary/aromatic N) is 2. The molecule has 4 nitrogen and oxygen atoms in total. The van der Waals surface area contributed by atoms with Crippen molar-refractivity contribution < 1.29 is 8.42 Å². The Morgan fingerprint density at radius 3 is 2.35 bits per heavy atom. The Balaban J connectivity index is 2.31. The maximum absolute atomic E-state index is 12.7. The van der Waals surface area contributed by atoms with Gasteiger partial charge in [0, 0.05) is 13.1 Å². The van der Waals surface area contributed by atoms with Gasteiger partial charge in [0.1, 0.15) is 6.07 Å². The maximum atomic E-state index is 12.7. The molecule has 1 aromatic rings. The van der Waals surface area contributed by atoms with Crippen molar-refractivity contribution in [3.05, 3.63) is 29.8 Å². The Labute approximate surface area is 121 Å². The molecule has 1 aliphatic carbocycles. The number of hydrogen-bond donors (Lipinski definition) is 0. The predicted octanol–water partition coefficient (Wildman–Crippen LogP) is 2.90. The SMILES string of the molecule is CN(C1CCCCCC1)S(=O)(=O)c1ccccc1C#N. The van der Waals surface area contributed by atoms with Gasteiger partial charge in [-0.2, -0.15) is 9.57 Å². The molecule has 0 atom stereocenters. The van der Waals surface area contributed by atoms with Crippen LogP contribution in [0, 0.1) is 11.3 Å². The average molecular weight is 292 g/mol. The summed E-state index contributed by atoms with van der Waals surface area (Å²) in [5.74, 6) is 0. The highest BCUT2D eigenvalue weighted by Gasteiger charge is 2.29. The molecule has 0 aromatic heterocycles. The van der Waals surface area contributed by atoms with Gasteiger partial charge in [-0.15, -0.1) is 0 Å². The molecule has 1 aliphatic rings. The van der Waals surface area contributed by atoms with E-state index >= 15 is 0 Å². The Bertz CT molecular complexity index is 597. The van der Waals surface area contributed by atoms with Gasteiger partial charge < -0.3 is 0 Å². The van der Waals surface area contributed by atoms with Crippen LogP contribution in [0.4, 0.5) is 0 Å². The summed E-state index contributed by atoms with van der Waals surface area (Å²) in [5, 5.41) is 9.09. The lowest BCUT2D eigenvalue weighted by Gasteiger charge is -2.26. The molecule has 0 aliphatic heterocycles. The highest BCUT2D eigenvalue weighted by atomic mass is 32.2. The molecule has 0 N–H and O–H groups in total. The van der Waals surface area contributed by atoms with E-state index < -0.39 is 10.0 Å². The first-order chi connectivity index (χ1) is 9.57. The number of nitriles is 1. The molecule has 2 rings (SSSR count). The first kappa shape index (κ1) is 15.0. The van der Waals surface area contributed by atoms with Crippen molar-refractivity contribution in [1.29, 1.82) is 5.26 Å². The van der Waals surface area contributed by atoms with Crippen molar-refractivity contribution in [1.82, 2.24) is 4.31 Å². The first-order valence-corrected chi connectivity index (χ1v) is 8.48. The summed E-state index contributed by atoms with van der Waals surface area (Å²) in [6.07, 6.45) is 6.32. The van der Waals surface area contributed by atoms with Crippen molar-refractivity contribution in [3.8, 4) is 6.07 Å². The molecule has 0 radical (unpaired) electrons. The van der Waals surface area contributed by atoms with Crippen LogP contribution in [0.25, 0.3) is 0 Å². The topological polar surface area (TPSA) is 61.2 Å². The van der Waals surface area contributed by atoms with E-state index in [1.165, 1.54) is 23.2 Å². The van der Waals surface area contributed by atoms with Gasteiger partial charge in [-0.05, 0) is 25.0 Å². The number of hydrogen-bond acceptors (Lipinski definition) is 3. The number of sulfonamides is 1. The van der Waals surface area contributed by atoms with Gasteiger partial charge in [0.05, 0.1) is 10.5 Å². The lowest BCUT2D eigenvalue weighted by Crippen LogP contribution is -2.37. The van der Waals surface area contributed by atoms with Gasteiger partial charge in [0.25, 0.3) is 0 Å². The van der Waals surface area contributed by atoms with Crippen LogP contribution in [0.5, 0.6) is 0 Å². The molecule has 0 amide bonds. The molecular weight excluding hydrogens is 272 g/mol. The quantitative estimate of drug-likeness (QED) is 0.805. The van der Waals surface area contributed by atoms with Gasteiger partial charge in [-0.1, -0.05) is 37.8 Å². The van der Waals surface area contributed by atoms with Crippen molar-refractivity contribution in [2.75, 3.05) is 7.05 Å². The van der Waals surface area contributed by atoms with Crippen molar-refractivity contribution in [2.24, 2.45) is 0 Å². The monoisotopic (exact) mass is 292 g/mol. The minimum absolute atomic E-state index is 0.0502. The van der Waals surface area contributed by atoms with E-state index in [0.29, 0.717) is 0 Å². The second-order valence-electron chi connectivity index (χ2n) is 5.27. The van der Waals surface area contributed by atoms with Gasteiger partial charge in [0.2, 0.25) is 10.0 Å². The molecule has 0 unspecified atom stereocenters. The molecule has 0 heterocycles. The molecule has 5 heteroatoms. The number of rotatable bonds is 3. The van der Waals surface area contributed by atoms with Crippen LogP contribution in [-0.2, 0) is 10.0 Å². The molecule has 1 saturated carbocycles. The minimum Gasteiger partial charge on any atom is -0.207 e. The molecule has 1 fully saturated rings. The minimum atomic E-state index is -3.59. The van der Waals surface area contributed by atoms with E-state index in [9.17, 15) is 8.42 Å². The zero-order valence-corrected chi connectivity index (χ0v) is 12.6. The van der Waals surface area contributed by atoms with Gasteiger partial charge >= 0.3 is 0 Å². The van der Waals surface area contributed by atoms with Gasteiger partial charge in [-0.25, -0.2) is 8.42 Å². The Morgan fingerprint density at radius 2 is 1.75 bits per heavy atom. The molecule has 20 heavy (non-hydrogen) atoms. The summed E-state index contributed by atoms with van der Waals surface area (Å²) < 4.78 is 26.9. The predicted molar refractivity (Wildman–Crippen MR) is 77.6 cm³/mol. The fourth-order valence-electron chi connectivity index (χ4n) is 2.76. The lowest BCUT2D eigenvalue weighted by molar-refractivity contribution is 0.335. The van der Waals surface area contributed by atoms with Crippen molar-refractivity contribution >= 4 is 10.0 Å². The van der Waals surface area contributed by atoms with E-state index in [0.717, 1.165) is 25.7 Å². The molecule has 0 spiro atoms. The number of benzene rings is 1. The lowest BCUT2D eigenvalue weighted by atomic mass is 10.1. The summed E-state index contributed by atoms with van der Waals surface area (Å²) in [6, 6.07) is 8.43. The summed E-state index contributed by atoms with van der Waals surface area (Å²) in [6.45, 7) is 0. The van der Waals surface area contributed by atoms with Gasteiger partial charge in [0.15, 0.2) is 0 Å². The van der Waals surface area contributed by atoms with Crippen LogP contribution in [0.3, 0.4) is 0 Å². The van der Waals surface area contributed by atoms with Crippen molar-refractivity contribution in [2.45, 2.75) is 49.5 Å². The van der Waals surface area contributed by atoms with E-state index in [-0.39, 0.29) is 16.5 Å². The van der Waals surface area contributed by atoms with E-state index in [2.05, 4.69) is 0 Å². The van der Waals surface area contributed by atoms with Gasteiger partial charge in [-0.3, -0.25) is 0 Å². The zero-order chi connectivity index (χ0) is 14.6. The third-order valence-corrected chi connectivity index (χ3v) is 5.97. The third kappa shape index (κ3) is 3.02. The summed E-state index contributed by atoms with van der Waals surface area (Å²) >= 11 is 0. The fraction of sp³-hybridized carbons (Fsp3) is 0.533. The summed E-state index contributed by atoms with van der Waals surface area (Å²) in [7, 11) is -1.95. The molecular formula is C15H20N2O2S. The first-order valence-electron chi connectivity index (χ1n) is 7.04. The second kappa shape index (κ2) is 6.38. The van der Waals surface area contributed by atoms with Crippen LogP contribution in [0.1, 0.15) is 44.1 Å². The zero-order valence-electron chi connectivity index (χ0n) is 11.7. The van der Waals surface area contributed by atoms with E-state index in [4.69, 9.17) is 5.26 Å². The van der Waals surface area contributed by atoms with E-state index in [1.807, 2.05) is 6.07 Å². The smallest absolute Gasteiger partial charge is 0.207 e. The third-order valence-electron chi connectivity index (χ3n) is 4.00. The Hall–Kier alpha value is -1.38. The standard InChI is InChI=1S/C15H20N2O2S/c1-17(14-9-4-2-3-5-10-14)20(18,19)15-11-7-6-8-13(15)12-16/h6-8,11,14H,2-5,9-10H2,1H3. The van der Waals surface area contributed by atoms with Crippen LogP contribution in [0.2, 0.25) is 0 Å². The highest BCUT2D eigenvalue weighted by Crippen LogP contribution is 2.27. The van der Waals surface area contributed by atoms with Crippen molar-refractivity contribution in [3.63, 3.8) is 0 Å². The Morgan fingerprint density at radius 1 is 1.15 bits per heavy atom. The summed E-state index contributed by atoms with van der Waals surface area (Å²) in [5.41, 5.74) is 0.216. The molecule has 0 bridgehead atoms. The fourth-order valence-corrected chi connectivity index (χ4v) is 4.31. The average Bonchev–Trinajstić information content (AvgIpc) is 2.75. The molecule has 0 saturated heterocycles. The second-order valence-corrected chi connectivity index (χ2v) is 7.24. The van der Waals surface area contributed by atoms with Crippen LogP contribution >= 0.6 is 0 Å². The Kier molecular flexibility index (Phi) is 4.79. The van der Waals surface area contributed by atoms with Crippen LogP contribution in [-0.4, -0.2) is 25.8 Å². The van der Waals surface area contributed by atoms with E-state index in [1.54, 1.807) is 25.2 Å². The van der Waals surface area contributed by atoms with Crippen LogP contribution < -0.4 is 0 Å². The molecule has 108 valence electrons. The highest BCUT2D eigenvalue weighted by molar-refractivity contribution is 7.89. The summed E-state index contributed by atoms with van der Waals surface area (Å²) in [4.78, 5) is 0.120. The normalized spacial score (nSPS) is 17.6.